The predicted octanol–water partition coefficient (Wildman–Crippen LogP) is 1.07. The van der Waals surface area contributed by atoms with Crippen LogP contribution in [0, 0.1) is 0 Å². The summed E-state index contributed by atoms with van der Waals surface area (Å²) in [5, 5.41) is 5.62. The first kappa shape index (κ1) is 17.0. The summed E-state index contributed by atoms with van der Waals surface area (Å²) in [6.07, 6.45) is 1.19. The molecule has 0 aliphatic carbocycles. The van der Waals surface area contributed by atoms with Crippen molar-refractivity contribution in [2.45, 2.75) is 18.5 Å². The number of aromatic nitrogens is 2. The molecule has 0 aliphatic rings. The highest BCUT2D eigenvalue weighted by molar-refractivity contribution is 7.89. The Balaban J connectivity index is 2.13. The molecule has 0 spiro atoms. The van der Waals surface area contributed by atoms with Crippen LogP contribution < -0.4 is 9.46 Å². The number of ether oxygens (including phenoxy) is 2. The van der Waals surface area contributed by atoms with Gasteiger partial charge in [0.05, 0.1) is 13.7 Å². The Morgan fingerprint density at radius 2 is 2.00 bits per heavy atom. The summed E-state index contributed by atoms with van der Waals surface area (Å²) in [6, 6.07) is 6.92. The number of benzene rings is 1. The number of esters is 1. The molecule has 0 saturated heterocycles. The Labute approximate surface area is 133 Å². The number of aromatic amines is 1. The molecule has 1 aromatic heterocycles. The molecule has 0 bridgehead atoms. The van der Waals surface area contributed by atoms with E-state index in [1.54, 1.807) is 38.3 Å². The molecular weight excluding hydrogens is 322 g/mol. The third-order valence-corrected chi connectivity index (χ3v) is 4.33. The Bertz CT molecular complexity index is 768. The Morgan fingerprint density at radius 3 is 2.61 bits per heavy atom. The minimum absolute atomic E-state index is 0.0570. The van der Waals surface area contributed by atoms with Gasteiger partial charge in [-0.2, -0.15) is 5.10 Å². The highest BCUT2D eigenvalue weighted by atomic mass is 32.2. The summed E-state index contributed by atoms with van der Waals surface area (Å²) in [5.41, 5.74) is 0.608. The second-order valence-electron chi connectivity index (χ2n) is 4.50. The van der Waals surface area contributed by atoms with E-state index in [0.717, 1.165) is 5.56 Å². The van der Waals surface area contributed by atoms with Crippen molar-refractivity contribution < 1.29 is 22.7 Å². The molecule has 1 heterocycles. The predicted molar refractivity (Wildman–Crippen MR) is 81.6 cm³/mol. The fraction of sp³-hybridized carbons (Fsp3) is 0.286. The van der Waals surface area contributed by atoms with Gasteiger partial charge in [-0.05, 0) is 24.6 Å². The number of rotatable bonds is 7. The molecule has 0 unspecified atom stereocenters. The van der Waals surface area contributed by atoms with Crippen LogP contribution in [-0.4, -0.2) is 38.3 Å². The molecule has 0 aliphatic heterocycles. The second kappa shape index (κ2) is 7.25. The number of nitrogens with zero attached hydrogens (tertiary/aromatic N) is 1. The highest BCUT2D eigenvalue weighted by Crippen LogP contribution is 2.15. The van der Waals surface area contributed by atoms with Crippen LogP contribution in [-0.2, 0) is 21.3 Å². The van der Waals surface area contributed by atoms with E-state index in [1.807, 2.05) is 0 Å². The van der Waals surface area contributed by atoms with Crippen LogP contribution in [0.2, 0.25) is 0 Å². The van der Waals surface area contributed by atoms with Gasteiger partial charge >= 0.3 is 5.97 Å². The molecule has 0 saturated carbocycles. The van der Waals surface area contributed by atoms with Crippen LogP contribution in [0.4, 0.5) is 0 Å². The lowest BCUT2D eigenvalue weighted by molar-refractivity contribution is 0.0522. The third-order valence-electron chi connectivity index (χ3n) is 2.98. The highest BCUT2D eigenvalue weighted by Gasteiger charge is 2.26. The number of carbonyl (C=O) groups excluding carboxylic acids is 1. The zero-order valence-corrected chi connectivity index (χ0v) is 13.5. The van der Waals surface area contributed by atoms with Crippen molar-refractivity contribution in [2.75, 3.05) is 13.7 Å². The monoisotopic (exact) mass is 339 g/mol. The van der Waals surface area contributed by atoms with Gasteiger partial charge in [-0.1, -0.05) is 12.1 Å². The molecule has 1 aromatic carbocycles. The van der Waals surface area contributed by atoms with Crippen LogP contribution in [0.1, 0.15) is 22.8 Å². The minimum atomic E-state index is -3.95. The normalized spacial score (nSPS) is 11.2. The number of sulfonamides is 1. The first-order valence-corrected chi connectivity index (χ1v) is 8.29. The van der Waals surface area contributed by atoms with E-state index in [0.29, 0.717) is 5.75 Å². The molecule has 9 heteroatoms. The smallest absolute Gasteiger partial charge is 0.342 e. The number of nitrogens with one attached hydrogen (secondary N) is 2. The maximum absolute atomic E-state index is 12.3. The van der Waals surface area contributed by atoms with Crippen LogP contribution in [0.15, 0.2) is 35.5 Å². The molecule has 0 fully saturated rings. The lowest BCUT2D eigenvalue weighted by Crippen LogP contribution is -2.25. The van der Waals surface area contributed by atoms with Crippen molar-refractivity contribution in [3.8, 4) is 5.75 Å². The summed E-state index contributed by atoms with van der Waals surface area (Å²) in [7, 11) is -2.40. The van der Waals surface area contributed by atoms with Gasteiger partial charge in [0.25, 0.3) is 10.0 Å². The van der Waals surface area contributed by atoms with Crippen LogP contribution in [0.3, 0.4) is 0 Å². The molecule has 0 amide bonds. The van der Waals surface area contributed by atoms with E-state index in [2.05, 4.69) is 14.9 Å². The fourth-order valence-corrected chi connectivity index (χ4v) is 2.93. The Kier molecular flexibility index (Phi) is 5.35. The lowest BCUT2D eigenvalue weighted by Gasteiger charge is -2.07. The van der Waals surface area contributed by atoms with Crippen LogP contribution in [0.25, 0.3) is 0 Å². The molecule has 8 nitrogen and oxygen atoms in total. The second-order valence-corrected chi connectivity index (χ2v) is 6.18. The van der Waals surface area contributed by atoms with Crippen LogP contribution in [0.5, 0.6) is 5.75 Å². The average molecular weight is 339 g/mol. The van der Waals surface area contributed by atoms with Crippen molar-refractivity contribution in [1.82, 2.24) is 14.9 Å². The van der Waals surface area contributed by atoms with Gasteiger partial charge in [-0.15, -0.1) is 0 Å². The zero-order chi connectivity index (χ0) is 16.9. The summed E-state index contributed by atoms with van der Waals surface area (Å²) < 4.78 is 36.8. The van der Waals surface area contributed by atoms with E-state index in [9.17, 15) is 13.2 Å². The molecule has 124 valence electrons. The number of methoxy groups -OCH3 is 1. The van der Waals surface area contributed by atoms with Crippen molar-refractivity contribution in [3.05, 3.63) is 41.6 Å². The van der Waals surface area contributed by atoms with E-state index in [4.69, 9.17) is 9.47 Å². The van der Waals surface area contributed by atoms with Gasteiger partial charge in [0.15, 0.2) is 0 Å². The first-order valence-electron chi connectivity index (χ1n) is 6.81. The third kappa shape index (κ3) is 4.08. The molecule has 0 radical (unpaired) electrons. The molecule has 0 atom stereocenters. The molecule has 2 aromatic rings. The number of hydrogen-bond acceptors (Lipinski definition) is 6. The van der Waals surface area contributed by atoms with Gasteiger partial charge < -0.3 is 9.47 Å². The Hall–Kier alpha value is -2.39. The summed E-state index contributed by atoms with van der Waals surface area (Å²) in [5.74, 6) is -0.0698. The fourth-order valence-electron chi connectivity index (χ4n) is 1.83. The maximum atomic E-state index is 12.3. The summed E-state index contributed by atoms with van der Waals surface area (Å²) in [6.45, 7) is 1.83. The van der Waals surface area contributed by atoms with Gasteiger partial charge in [0, 0.05) is 12.7 Å². The number of H-pyrrole nitrogens is 1. The van der Waals surface area contributed by atoms with Gasteiger partial charge in [0.2, 0.25) is 5.03 Å². The molecule has 23 heavy (non-hydrogen) atoms. The molecular formula is C14H17N3O5S. The number of hydrogen-bond donors (Lipinski definition) is 2. The standard InChI is InChI=1S/C14H17N3O5S/c1-3-22-14(18)12-9-15-17-13(12)23(19,20)16-8-10-4-6-11(21-2)7-5-10/h4-7,9,16H,3,8H2,1-2H3,(H,15,17). The van der Waals surface area contributed by atoms with E-state index in [1.165, 1.54) is 6.20 Å². The van der Waals surface area contributed by atoms with Crippen molar-refractivity contribution in [2.24, 2.45) is 0 Å². The van der Waals surface area contributed by atoms with Gasteiger partial charge in [0.1, 0.15) is 11.3 Å². The zero-order valence-electron chi connectivity index (χ0n) is 12.7. The Morgan fingerprint density at radius 1 is 1.30 bits per heavy atom. The SMILES string of the molecule is CCOC(=O)c1c[nH]nc1S(=O)(=O)NCc1ccc(OC)cc1. The summed E-state index contributed by atoms with van der Waals surface area (Å²) in [4.78, 5) is 11.7. The topological polar surface area (TPSA) is 110 Å². The van der Waals surface area contributed by atoms with Crippen molar-refractivity contribution >= 4 is 16.0 Å². The molecule has 2 N–H and O–H groups in total. The van der Waals surface area contributed by atoms with E-state index >= 15 is 0 Å². The largest absolute Gasteiger partial charge is 0.497 e. The minimum Gasteiger partial charge on any atom is -0.497 e. The lowest BCUT2D eigenvalue weighted by atomic mass is 10.2. The van der Waals surface area contributed by atoms with Crippen molar-refractivity contribution in [1.29, 1.82) is 0 Å². The van der Waals surface area contributed by atoms with Gasteiger partial charge in [-0.25, -0.2) is 17.9 Å². The van der Waals surface area contributed by atoms with Crippen molar-refractivity contribution in [3.63, 3.8) is 0 Å². The summed E-state index contributed by atoms with van der Waals surface area (Å²) >= 11 is 0. The maximum Gasteiger partial charge on any atom is 0.342 e. The van der Waals surface area contributed by atoms with Crippen LogP contribution >= 0.6 is 0 Å². The quantitative estimate of drug-likeness (QED) is 0.730. The number of carbonyl (C=O) groups is 1. The van der Waals surface area contributed by atoms with Gasteiger partial charge in [-0.3, -0.25) is 5.10 Å². The van der Waals surface area contributed by atoms with E-state index < -0.39 is 16.0 Å². The first-order chi connectivity index (χ1) is 11.0. The average Bonchev–Trinajstić information content (AvgIpc) is 3.04. The molecule has 2 rings (SSSR count). The van der Waals surface area contributed by atoms with E-state index in [-0.39, 0.29) is 23.7 Å².